The van der Waals surface area contributed by atoms with Crippen molar-refractivity contribution in [3.05, 3.63) is 68.5 Å². The maximum absolute atomic E-state index is 12.8. The summed E-state index contributed by atoms with van der Waals surface area (Å²) in [5.74, 6) is -0.472. The van der Waals surface area contributed by atoms with Gasteiger partial charge in [-0.1, -0.05) is 36.5 Å². The molecule has 28 heavy (non-hydrogen) atoms. The van der Waals surface area contributed by atoms with Gasteiger partial charge in [-0.25, -0.2) is 0 Å². The Kier molecular flexibility index (Phi) is 5.57. The fourth-order valence-electron chi connectivity index (χ4n) is 2.63. The topological polar surface area (TPSA) is 60.0 Å². The van der Waals surface area contributed by atoms with E-state index < -0.39 is 17.6 Å². The standard InChI is InChI=1S/C19H16F3N3OS2/c1-2-11-6-8-14(9-7-11)25-16(23)15(28-18(25)27)17(26)24-13-5-3-4-12(10-13)19(20,21)22/h3-10H,2,23H2,1H3,(H,24,26). The Morgan fingerprint density at radius 1 is 1.21 bits per heavy atom. The largest absolute Gasteiger partial charge is 0.416 e. The highest BCUT2D eigenvalue weighted by molar-refractivity contribution is 7.73. The molecule has 0 unspecified atom stereocenters. The van der Waals surface area contributed by atoms with E-state index in [9.17, 15) is 18.0 Å². The number of thiazole rings is 1. The molecule has 0 aliphatic carbocycles. The highest BCUT2D eigenvalue weighted by Crippen LogP contribution is 2.31. The van der Waals surface area contributed by atoms with Crippen molar-refractivity contribution < 1.29 is 18.0 Å². The molecule has 146 valence electrons. The van der Waals surface area contributed by atoms with E-state index in [0.29, 0.717) is 9.64 Å². The number of carbonyl (C=O) groups is 1. The van der Waals surface area contributed by atoms with Crippen LogP contribution in [0.1, 0.15) is 27.7 Å². The van der Waals surface area contributed by atoms with Gasteiger partial charge < -0.3 is 11.1 Å². The van der Waals surface area contributed by atoms with Crippen LogP contribution in [-0.2, 0) is 12.6 Å². The number of rotatable bonds is 4. The molecule has 0 radical (unpaired) electrons. The Hall–Kier alpha value is -2.65. The Balaban J connectivity index is 1.90. The van der Waals surface area contributed by atoms with Gasteiger partial charge in [0.1, 0.15) is 10.7 Å². The normalized spacial score (nSPS) is 11.4. The van der Waals surface area contributed by atoms with Gasteiger partial charge in [-0.3, -0.25) is 9.36 Å². The number of nitrogens with zero attached hydrogens (tertiary/aromatic N) is 1. The second-order valence-electron chi connectivity index (χ2n) is 5.97. The number of halogens is 3. The molecule has 0 aliphatic rings. The minimum absolute atomic E-state index is 0.0254. The molecule has 3 aromatic rings. The third-order valence-electron chi connectivity index (χ3n) is 4.10. The average Bonchev–Trinajstić information content (AvgIpc) is 2.96. The van der Waals surface area contributed by atoms with E-state index in [1.54, 1.807) is 4.57 Å². The Morgan fingerprint density at radius 3 is 2.50 bits per heavy atom. The molecule has 0 spiro atoms. The van der Waals surface area contributed by atoms with Crippen molar-refractivity contribution >= 4 is 41.0 Å². The third-order valence-corrected chi connectivity index (χ3v) is 5.49. The quantitative estimate of drug-likeness (QED) is 0.531. The second kappa shape index (κ2) is 7.76. The van der Waals surface area contributed by atoms with E-state index in [1.807, 2.05) is 31.2 Å². The zero-order valence-corrected chi connectivity index (χ0v) is 16.3. The number of carbonyl (C=O) groups excluding carboxylic acids is 1. The van der Waals surface area contributed by atoms with Crippen LogP contribution in [0.3, 0.4) is 0 Å². The van der Waals surface area contributed by atoms with Crippen molar-refractivity contribution in [2.24, 2.45) is 0 Å². The fraction of sp³-hybridized carbons (Fsp3) is 0.158. The molecular weight excluding hydrogens is 407 g/mol. The van der Waals surface area contributed by atoms with Crippen molar-refractivity contribution in [3.8, 4) is 5.69 Å². The fourth-order valence-corrected chi connectivity index (χ4v) is 3.90. The lowest BCUT2D eigenvalue weighted by atomic mass is 10.1. The molecule has 4 nitrogen and oxygen atoms in total. The first-order valence-corrected chi connectivity index (χ1v) is 9.52. The van der Waals surface area contributed by atoms with Crippen LogP contribution in [0.5, 0.6) is 0 Å². The molecule has 1 heterocycles. The zero-order chi connectivity index (χ0) is 20.5. The highest BCUT2D eigenvalue weighted by Gasteiger charge is 2.30. The summed E-state index contributed by atoms with van der Waals surface area (Å²) in [6.45, 7) is 2.04. The van der Waals surface area contributed by atoms with E-state index in [2.05, 4.69) is 5.32 Å². The summed E-state index contributed by atoms with van der Waals surface area (Å²) >= 11 is 6.33. The van der Waals surface area contributed by atoms with Gasteiger partial charge in [-0.2, -0.15) is 13.2 Å². The van der Waals surface area contributed by atoms with Gasteiger partial charge in [0.2, 0.25) is 0 Å². The van der Waals surface area contributed by atoms with Crippen molar-refractivity contribution in [1.82, 2.24) is 4.57 Å². The van der Waals surface area contributed by atoms with Gasteiger partial charge in [-0.05, 0) is 54.5 Å². The number of anilines is 2. The number of aromatic nitrogens is 1. The summed E-state index contributed by atoms with van der Waals surface area (Å²) in [5, 5.41) is 2.45. The Bertz CT molecular complexity index is 1070. The number of nitrogen functional groups attached to an aromatic ring is 1. The van der Waals surface area contributed by atoms with E-state index in [1.165, 1.54) is 12.1 Å². The molecule has 1 amide bonds. The van der Waals surface area contributed by atoms with Crippen LogP contribution in [0, 0.1) is 3.95 Å². The van der Waals surface area contributed by atoms with Gasteiger partial charge in [0, 0.05) is 11.4 Å². The lowest BCUT2D eigenvalue weighted by molar-refractivity contribution is -0.137. The molecule has 9 heteroatoms. The maximum Gasteiger partial charge on any atom is 0.416 e. The molecule has 2 aromatic carbocycles. The van der Waals surface area contributed by atoms with Gasteiger partial charge in [0.25, 0.3) is 5.91 Å². The lowest BCUT2D eigenvalue weighted by Gasteiger charge is -2.10. The number of nitrogens with one attached hydrogen (secondary N) is 1. The predicted molar refractivity (Wildman–Crippen MR) is 108 cm³/mol. The molecule has 0 saturated heterocycles. The van der Waals surface area contributed by atoms with Crippen LogP contribution < -0.4 is 11.1 Å². The van der Waals surface area contributed by atoms with Crippen molar-refractivity contribution in [1.29, 1.82) is 0 Å². The maximum atomic E-state index is 12.8. The van der Waals surface area contributed by atoms with Crippen LogP contribution in [0.2, 0.25) is 0 Å². The van der Waals surface area contributed by atoms with Gasteiger partial charge in [-0.15, -0.1) is 0 Å². The Labute approximate surface area is 168 Å². The van der Waals surface area contributed by atoms with E-state index in [-0.39, 0.29) is 16.4 Å². The predicted octanol–water partition coefficient (Wildman–Crippen LogP) is 5.68. The van der Waals surface area contributed by atoms with Crippen LogP contribution >= 0.6 is 23.6 Å². The minimum atomic E-state index is -4.50. The van der Waals surface area contributed by atoms with E-state index in [4.69, 9.17) is 18.0 Å². The van der Waals surface area contributed by atoms with E-state index in [0.717, 1.165) is 35.5 Å². The van der Waals surface area contributed by atoms with E-state index >= 15 is 0 Å². The summed E-state index contributed by atoms with van der Waals surface area (Å²) in [5.41, 5.74) is 7.17. The van der Waals surface area contributed by atoms with Crippen LogP contribution in [0.15, 0.2) is 48.5 Å². The highest BCUT2D eigenvalue weighted by atomic mass is 32.1. The van der Waals surface area contributed by atoms with Crippen molar-refractivity contribution in [2.45, 2.75) is 19.5 Å². The first kappa shape index (κ1) is 20.1. The second-order valence-corrected chi connectivity index (χ2v) is 7.61. The monoisotopic (exact) mass is 423 g/mol. The number of nitrogens with two attached hydrogens (primary N) is 1. The lowest BCUT2D eigenvalue weighted by Crippen LogP contribution is -2.14. The van der Waals surface area contributed by atoms with Crippen LogP contribution in [0.25, 0.3) is 5.69 Å². The molecule has 0 saturated carbocycles. The number of benzene rings is 2. The molecule has 0 aliphatic heterocycles. The molecule has 3 N–H and O–H groups in total. The summed E-state index contributed by atoms with van der Waals surface area (Å²) in [6.07, 6.45) is -3.61. The Morgan fingerprint density at radius 2 is 1.89 bits per heavy atom. The van der Waals surface area contributed by atoms with Gasteiger partial charge >= 0.3 is 6.18 Å². The number of amides is 1. The summed E-state index contributed by atoms with van der Waals surface area (Å²) in [7, 11) is 0. The molecule has 0 bridgehead atoms. The summed E-state index contributed by atoms with van der Waals surface area (Å²) in [4.78, 5) is 12.7. The van der Waals surface area contributed by atoms with Crippen molar-refractivity contribution in [2.75, 3.05) is 11.1 Å². The number of alkyl halides is 3. The first-order valence-electron chi connectivity index (χ1n) is 8.30. The molecule has 0 atom stereocenters. The number of hydrogen-bond donors (Lipinski definition) is 2. The summed E-state index contributed by atoms with van der Waals surface area (Å²) < 4.78 is 40.5. The third kappa shape index (κ3) is 4.10. The van der Waals surface area contributed by atoms with Gasteiger partial charge in [0.05, 0.1) is 5.56 Å². The molecule has 3 rings (SSSR count). The molecule has 1 aromatic heterocycles. The zero-order valence-electron chi connectivity index (χ0n) is 14.7. The van der Waals surface area contributed by atoms with Crippen molar-refractivity contribution in [3.63, 3.8) is 0 Å². The molecule has 0 fully saturated rings. The first-order chi connectivity index (χ1) is 13.2. The number of hydrogen-bond acceptors (Lipinski definition) is 4. The van der Waals surface area contributed by atoms with Crippen LogP contribution in [0.4, 0.5) is 24.7 Å². The average molecular weight is 423 g/mol. The smallest absolute Gasteiger partial charge is 0.383 e. The van der Waals surface area contributed by atoms with Crippen LogP contribution in [-0.4, -0.2) is 10.5 Å². The number of aryl methyl sites for hydroxylation is 1. The van der Waals surface area contributed by atoms with Gasteiger partial charge in [0.15, 0.2) is 3.95 Å². The summed E-state index contributed by atoms with van der Waals surface area (Å²) in [6, 6.07) is 12.0. The minimum Gasteiger partial charge on any atom is -0.383 e. The molecular formula is C19H16F3N3OS2. The SMILES string of the molecule is CCc1ccc(-n2c(N)c(C(=O)Nc3cccc(C(F)(F)F)c3)sc2=S)cc1.